The number of halogens is 2. The van der Waals surface area contributed by atoms with Crippen molar-refractivity contribution >= 4 is 27.8 Å². The van der Waals surface area contributed by atoms with Crippen molar-refractivity contribution in [2.75, 3.05) is 0 Å². The summed E-state index contributed by atoms with van der Waals surface area (Å²) in [5, 5.41) is 2.66. The maximum atomic E-state index is 4.93. The Morgan fingerprint density at radius 2 is 1.19 bits per heavy atom. The molecular formula is C29H23Cl2Zr-. The Morgan fingerprint density at radius 3 is 1.78 bits per heavy atom. The summed E-state index contributed by atoms with van der Waals surface area (Å²) in [6, 6.07) is 39.5. The van der Waals surface area contributed by atoms with Crippen LogP contribution >= 0.6 is 17.0 Å². The summed E-state index contributed by atoms with van der Waals surface area (Å²) in [6.07, 6.45) is 1.05. The Labute approximate surface area is 208 Å². The van der Waals surface area contributed by atoms with Gasteiger partial charge in [0.05, 0.1) is 0 Å². The maximum absolute atomic E-state index is 4.93. The number of aryl methyl sites for hydroxylation is 1. The molecule has 0 unspecified atom stereocenters. The number of rotatable bonds is 4. The number of benzene rings is 4. The van der Waals surface area contributed by atoms with Crippen LogP contribution in [0.3, 0.4) is 0 Å². The first-order valence-electron chi connectivity index (χ1n) is 10.7. The van der Waals surface area contributed by atoms with Gasteiger partial charge < -0.3 is 0 Å². The van der Waals surface area contributed by atoms with E-state index in [0.29, 0.717) is 0 Å². The predicted octanol–water partition coefficient (Wildman–Crippen LogP) is 9.50. The van der Waals surface area contributed by atoms with E-state index < -0.39 is 20.8 Å². The molecule has 0 saturated carbocycles. The summed E-state index contributed by atoms with van der Waals surface area (Å²) >= 11 is -0.826. The van der Waals surface area contributed by atoms with E-state index in [1.54, 1.807) is 0 Å². The molecule has 0 spiro atoms. The summed E-state index contributed by atoms with van der Waals surface area (Å²) in [7, 11) is 9.87. The quantitative estimate of drug-likeness (QED) is 0.202. The zero-order valence-corrected chi connectivity index (χ0v) is 21.8. The van der Waals surface area contributed by atoms with Gasteiger partial charge in [-0.25, -0.2) is 0 Å². The van der Waals surface area contributed by atoms with Crippen molar-refractivity contribution in [2.24, 2.45) is 0 Å². The molecule has 0 fully saturated rings. The molecule has 0 aliphatic rings. The van der Waals surface area contributed by atoms with Crippen LogP contribution in [0.15, 0.2) is 109 Å². The van der Waals surface area contributed by atoms with Crippen LogP contribution in [0.5, 0.6) is 0 Å². The first-order valence-corrected chi connectivity index (χ1v) is 17.0. The van der Waals surface area contributed by atoms with E-state index in [9.17, 15) is 0 Å². The average Bonchev–Trinajstić information content (AvgIpc) is 3.29. The Kier molecular flexibility index (Phi) is 8.09. The van der Waals surface area contributed by atoms with Gasteiger partial charge in [0.15, 0.2) is 0 Å². The Bertz CT molecular complexity index is 1290. The van der Waals surface area contributed by atoms with E-state index >= 15 is 0 Å². The van der Waals surface area contributed by atoms with Gasteiger partial charge in [0, 0.05) is 0 Å². The number of hydrogen-bond donors (Lipinski definition) is 0. The molecular weight excluding hydrogens is 510 g/mol. The second-order valence-electron chi connectivity index (χ2n) is 7.56. The molecule has 0 bridgehead atoms. The minimum atomic E-state index is -0.826. The van der Waals surface area contributed by atoms with E-state index in [0.717, 1.165) is 6.42 Å². The van der Waals surface area contributed by atoms with Gasteiger partial charge in [0.1, 0.15) is 0 Å². The van der Waals surface area contributed by atoms with Crippen LogP contribution in [0.25, 0.3) is 44.2 Å². The van der Waals surface area contributed by atoms with Crippen LogP contribution in [0.4, 0.5) is 0 Å². The van der Waals surface area contributed by atoms with Gasteiger partial charge >= 0.3 is 37.9 Å². The molecule has 0 radical (unpaired) electrons. The van der Waals surface area contributed by atoms with Gasteiger partial charge in [0.25, 0.3) is 0 Å². The first kappa shape index (κ1) is 23.1. The average molecular weight is 534 g/mol. The van der Waals surface area contributed by atoms with Crippen molar-refractivity contribution in [3.63, 3.8) is 0 Å². The zero-order valence-electron chi connectivity index (χ0n) is 17.9. The third kappa shape index (κ3) is 4.97. The number of hydrogen-bond acceptors (Lipinski definition) is 0. The zero-order chi connectivity index (χ0) is 22.3. The van der Waals surface area contributed by atoms with E-state index in [-0.39, 0.29) is 0 Å². The second kappa shape index (κ2) is 11.2. The molecule has 0 nitrogen and oxygen atoms in total. The summed E-state index contributed by atoms with van der Waals surface area (Å²) in [4.78, 5) is 0. The summed E-state index contributed by atoms with van der Waals surface area (Å²) in [5.41, 5.74) is 9.08. The molecule has 0 saturated heterocycles. The van der Waals surface area contributed by atoms with Gasteiger partial charge in [-0.15, -0.1) is 28.5 Å². The molecule has 0 N–H and O–H groups in total. The van der Waals surface area contributed by atoms with E-state index in [1.807, 2.05) is 0 Å². The van der Waals surface area contributed by atoms with Crippen molar-refractivity contribution in [3.05, 3.63) is 115 Å². The van der Waals surface area contributed by atoms with Crippen LogP contribution in [0.2, 0.25) is 0 Å². The summed E-state index contributed by atoms with van der Waals surface area (Å²) in [5.74, 6) is 0. The van der Waals surface area contributed by atoms with Gasteiger partial charge in [0.2, 0.25) is 0 Å². The molecule has 0 aromatic heterocycles. The molecule has 0 amide bonds. The fraction of sp³-hybridized carbons (Fsp3) is 0.0690. The second-order valence-corrected chi connectivity index (χ2v) is 11.3. The standard InChI is InChI=1S/C29H23.2ClH.Zr/c1-2-21-19-24-17-18-26(23-13-7-4-8-14-23)29(28(24)20-21)27-16-10-9-15-25(27)22-11-5-3-6-12-22;;;/h3-20H,2H2,1H3;2*1H;/q-1;;;+2/p-2. The van der Waals surface area contributed by atoms with Crippen molar-refractivity contribution in [1.82, 2.24) is 0 Å². The topological polar surface area (TPSA) is 0 Å². The summed E-state index contributed by atoms with van der Waals surface area (Å²) < 4.78 is 0. The van der Waals surface area contributed by atoms with Crippen molar-refractivity contribution < 1.29 is 20.8 Å². The van der Waals surface area contributed by atoms with Gasteiger partial charge in [-0.05, 0) is 34.2 Å². The number of fused-ring (bicyclic) bond motifs is 1. The fourth-order valence-electron chi connectivity index (χ4n) is 4.27. The Balaban J connectivity index is 0.000000775. The first-order chi connectivity index (χ1) is 15.8. The molecule has 5 aromatic carbocycles. The van der Waals surface area contributed by atoms with Gasteiger partial charge in [-0.3, -0.25) is 0 Å². The molecule has 0 heterocycles. The minimum absolute atomic E-state index is 0.826. The molecule has 0 aliphatic heterocycles. The SMILES string of the molecule is CCc1cc2c(-c3ccccc3-c3ccccc3)c(-c3ccccc3)ccc2[cH-]1.[Cl][Zr][Cl]. The van der Waals surface area contributed by atoms with Gasteiger partial charge in [-0.2, -0.15) is 6.07 Å². The molecule has 0 aliphatic carbocycles. The molecule has 3 heteroatoms. The van der Waals surface area contributed by atoms with Crippen molar-refractivity contribution in [1.29, 1.82) is 0 Å². The van der Waals surface area contributed by atoms with Crippen molar-refractivity contribution in [3.8, 4) is 33.4 Å². The third-order valence-electron chi connectivity index (χ3n) is 5.72. The molecule has 0 atom stereocenters. The molecule has 158 valence electrons. The molecule has 32 heavy (non-hydrogen) atoms. The van der Waals surface area contributed by atoms with Gasteiger partial charge in [-0.1, -0.05) is 103 Å². The Hall–Kier alpha value is -2.05. The van der Waals surface area contributed by atoms with E-state index in [2.05, 4.69) is 116 Å². The van der Waals surface area contributed by atoms with Crippen molar-refractivity contribution in [2.45, 2.75) is 13.3 Å². The van der Waals surface area contributed by atoms with E-state index in [4.69, 9.17) is 17.0 Å². The van der Waals surface area contributed by atoms with Crippen LogP contribution in [0, 0.1) is 0 Å². The van der Waals surface area contributed by atoms with Crippen LogP contribution in [-0.2, 0) is 27.3 Å². The van der Waals surface area contributed by atoms with E-state index in [1.165, 1.54) is 49.7 Å². The Morgan fingerprint density at radius 1 is 0.656 bits per heavy atom. The van der Waals surface area contributed by atoms with Crippen LogP contribution in [0.1, 0.15) is 12.5 Å². The van der Waals surface area contributed by atoms with Crippen LogP contribution < -0.4 is 0 Å². The summed E-state index contributed by atoms with van der Waals surface area (Å²) in [6.45, 7) is 2.23. The normalized spacial score (nSPS) is 10.5. The van der Waals surface area contributed by atoms with Crippen LogP contribution in [-0.4, -0.2) is 0 Å². The third-order valence-corrected chi connectivity index (χ3v) is 5.72. The fourth-order valence-corrected chi connectivity index (χ4v) is 4.27. The predicted molar refractivity (Wildman–Crippen MR) is 137 cm³/mol. The molecule has 5 aromatic rings. The molecule has 5 rings (SSSR count). The monoisotopic (exact) mass is 531 g/mol.